The number of carbonyl (C=O) groups excluding carboxylic acids is 1. The van der Waals surface area contributed by atoms with Crippen LogP contribution in [0.1, 0.15) is 23.2 Å². The average Bonchev–Trinajstić information content (AvgIpc) is 2.92. The van der Waals surface area contributed by atoms with Gasteiger partial charge in [-0.15, -0.1) is 0 Å². The zero-order valence-corrected chi connectivity index (χ0v) is 7.00. The minimum Gasteiger partial charge on any atom is -0.490 e. The largest absolute Gasteiger partial charge is 0.490 e. The lowest BCUT2D eigenvalue weighted by atomic mass is 10.2. The molecule has 3 heteroatoms. The molecule has 1 aliphatic rings. The van der Waals surface area contributed by atoms with Crippen molar-refractivity contribution in [1.82, 2.24) is 0 Å². The monoisotopic (exact) mass is 180 g/mol. The summed E-state index contributed by atoms with van der Waals surface area (Å²) in [6.07, 6.45) is 2.88. The van der Waals surface area contributed by atoms with Crippen LogP contribution in [0.2, 0.25) is 0 Å². The van der Waals surface area contributed by atoms with Crippen LogP contribution in [0.15, 0.2) is 18.2 Å². The van der Waals surface area contributed by atoms with Gasteiger partial charge in [-0.2, -0.15) is 0 Å². The smallest absolute Gasteiger partial charge is 0.153 e. The number of ether oxygens (including phenoxy) is 1. The van der Waals surface area contributed by atoms with Gasteiger partial charge in [-0.05, 0) is 31.0 Å². The molecule has 1 fully saturated rings. The van der Waals surface area contributed by atoms with Crippen molar-refractivity contribution in [3.05, 3.63) is 29.6 Å². The SMILES string of the molecule is O=Cc1cc(F)ccc1OC1CC1. The highest BCUT2D eigenvalue weighted by molar-refractivity contribution is 5.79. The molecule has 0 atom stereocenters. The molecule has 0 bridgehead atoms. The zero-order chi connectivity index (χ0) is 9.26. The summed E-state index contributed by atoms with van der Waals surface area (Å²) in [5.41, 5.74) is 0.284. The summed E-state index contributed by atoms with van der Waals surface area (Å²) in [5, 5.41) is 0. The molecule has 2 nitrogen and oxygen atoms in total. The first-order valence-electron chi connectivity index (χ1n) is 4.21. The van der Waals surface area contributed by atoms with Gasteiger partial charge in [0.05, 0.1) is 11.7 Å². The van der Waals surface area contributed by atoms with Crippen molar-refractivity contribution >= 4 is 6.29 Å². The molecule has 0 unspecified atom stereocenters. The molecule has 1 saturated carbocycles. The fourth-order valence-corrected chi connectivity index (χ4v) is 1.08. The second-order valence-corrected chi connectivity index (χ2v) is 3.12. The number of rotatable bonds is 3. The maximum atomic E-state index is 12.7. The van der Waals surface area contributed by atoms with E-state index in [2.05, 4.69) is 0 Å². The van der Waals surface area contributed by atoms with Crippen molar-refractivity contribution in [2.75, 3.05) is 0 Å². The molecule has 0 saturated heterocycles. The quantitative estimate of drug-likeness (QED) is 0.666. The summed E-state index contributed by atoms with van der Waals surface area (Å²) < 4.78 is 18.1. The van der Waals surface area contributed by atoms with E-state index in [4.69, 9.17) is 4.74 Å². The van der Waals surface area contributed by atoms with Crippen LogP contribution in [0.5, 0.6) is 5.75 Å². The highest BCUT2D eigenvalue weighted by Gasteiger charge is 2.24. The van der Waals surface area contributed by atoms with Gasteiger partial charge in [0, 0.05) is 0 Å². The van der Waals surface area contributed by atoms with E-state index in [-0.39, 0.29) is 11.7 Å². The molecule has 68 valence electrons. The van der Waals surface area contributed by atoms with Gasteiger partial charge < -0.3 is 4.74 Å². The van der Waals surface area contributed by atoms with Gasteiger partial charge in [0.1, 0.15) is 11.6 Å². The Morgan fingerprint density at radius 3 is 2.85 bits per heavy atom. The standard InChI is InChI=1S/C10H9FO2/c11-8-1-4-10(7(5-8)6-12)13-9-2-3-9/h1,4-6,9H,2-3H2. The zero-order valence-electron chi connectivity index (χ0n) is 7.00. The molecule has 0 spiro atoms. The molecule has 1 aromatic rings. The third kappa shape index (κ3) is 1.86. The van der Waals surface area contributed by atoms with Crippen LogP contribution in [0.4, 0.5) is 4.39 Å². The number of hydrogen-bond donors (Lipinski definition) is 0. The minimum absolute atomic E-state index is 0.226. The van der Waals surface area contributed by atoms with Crippen molar-refractivity contribution in [3.63, 3.8) is 0 Å². The van der Waals surface area contributed by atoms with Crippen LogP contribution in [-0.4, -0.2) is 12.4 Å². The number of benzene rings is 1. The van der Waals surface area contributed by atoms with Crippen molar-refractivity contribution in [2.45, 2.75) is 18.9 Å². The Morgan fingerprint density at radius 2 is 2.23 bits per heavy atom. The molecule has 0 aromatic heterocycles. The lowest BCUT2D eigenvalue weighted by Crippen LogP contribution is -1.99. The Bertz CT molecular complexity index is 332. The Labute approximate surface area is 75.3 Å². The summed E-state index contributed by atoms with van der Waals surface area (Å²) in [4.78, 5) is 10.5. The highest BCUT2D eigenvalue weighted by atomic mass is 19.1. The van der Waals surface area contributed by atoms with Crippen molar-refractivity contribution in [1.29, 1.82) is 0 Å². The predicted molar refractivity (Wildman–Crippen MR) is 45.4 cm³/mol. The second kappa shape index (κ2) is 3.17. The Kier molecular flexibility index (Phi) is 2.00. The van der Waals surface area contributed by atoms with Crippen LogP contribution < -0.4 is 4.74 Å². The van der Waals surface area contributed by atoms with Crippen molar-refractivity contribution in [3.8, 4) is 5.75 Å². The van der Waals surface area contributed by atoms with Gasteiger partial charge >= 0.3 is 0 Å². The van der Waals surface area contributed by atoms with Crippen LogP contribution in [0.3, 0.4) is 0 Å². The summed E-state index contributed by atoms with van der Waals surface area (Å²) in [7, 11) is 0. The first-order valence-corrected chi connectivity index (χ1v) is 4.21. The molecule has 1 aliphatic carbocycles. The van der Waals surface area contributed by atoms with Gasteiger partial charge in [-0.3, -0.25) is 4.79 Å². The molecule has 13 heavy (non-hydrogen) atoms. The number of hydrogen-bond acceptors (Lipinski definition) is 2. The first kappa shape index (κ1) is 8.23. The van der Waals surface area contributed by atoms with E-state index in [1.165, 1.54) is 18.2 Å². The lowest BCUT2D eigenvalue weighted by Gasteiger charge is -2.06. The topological polar surface area (TPSA) is 26.3 Å². The van der Waals surface area contributed by atoms with E-state index in [0.29, 0.717) is 12.0 Å². The van der Waals surface area contributed by atoms with Crippen LogP contribution in [0, 0.1) is 5.82 Å². The van der Waals surface area contributed by atoms with E-state index in [9.17, 15) is 9.18 Å². The van der Waals surface area contributed by atoms with Crippen LogP contribution in [-0.2, 0) is 0 Å². The van der Waals surface area contributed by atoms with Crippen molar-refractivity contribution < 1.29 is 13.9 Å². The normalized spacial score (nSPS) is 15.5. The summed E-state index contributed by atoms with van der Waals surface area (Å²) in [6, 6.07) is 3.98. The van der Waals surface area contributed by atoms with Gasteiger partial charge in [0.2, 0.25) is 0 Å². The minimum atomic E-state index is -0.412. The molecule has 0 N–H and O–H groups in total. The van der Waals surface area contributed by atoms with Gasteiger partial charge in [-0.1, -0.05) is 0 Å². The molecular formula is C10H9FO2. The Hall–Kier alpha value is -1.38. The molecule has 1 aromatic carbocycles. The number of carbonyl (C=O) groups is 1. The van der Waals surface area contributed by atoms with Gasteiger partial charge in [0.25, 0.3) is 0 Å². The molecule has 0 aliphatic heterocycles. The Balaban J connectivity index is 2.25. The average molecular weight is 180 g/mol. The maximum absolute atomic E-state index is 12.7. The summed E-state index contributed by atoms with van der Waals surface area (Å²) in [6.45, 7) is 0. The number of aldehydes is 1. The van der Waals surface area contributed by atoms with Crippen LogP contribution in [0.25, 0.3) is 0 Å². The number of halogens is 1. The van der Waals surface area contributed by atoms with Crippen LogP contribution >= 0.6 is 0 Å². The Morgan fingerprint density at radius 1 is 1.46 bits per heavy atom. The second-order valence-electron chi connectivity index (χ2n) is 3.12. The van der Waals surface area contributed by atoms with Gasteiger partial charge in [-0.25, -0.2) is 4.39 Å². The van der Waals surface area contributed by atoms with Crippen molar-refractivity contribution in [2.24, 2.45) is 0 Å². The predicted octanol–water partition coefficient (Wildman–Crippen LogP) is 2.18. The molecule has 0 heterocycles. The summed E-state index contributed by atoms with van der Waals surface area (Å²) in [5.74, 6) is 0.0733. The molecular weight excluding hydrogens is 171 g/mol. The van der Waals surface area contributed by atoms with E-state index in [0.717, 1.165) is 12.8 Å². The van der Waals surface area contributed by atoms with E-state index < -0.39 is 5.82 Å². The fraction of sp³-hybridized carbons (Fsp3) is 0.300. The molecule has 0 radical (unpaired) electrons. The lowest BCUT2D eigenvalue weighted by molar-refractivity contribution is 0.111. The molecule has 0 amide bonds. The fourth-order valence-electron chi connectivity index (χ4n) is 1.08. The van der Waals surface area contributed by atoms with E-state index >= 15 is 0 Å². The summed E-state index contributed by atoms with van der Waals surface area (Å²) >= 11 is 0. The van der Waals surface area contributed by atoms with E-state index in [1.54, 1.807) is 0 Å². The first-order chi connectivity index (χ1) is 6.29. The third-order valence-electron chi connectivity index (χ3n) is 1.92. The van der Waals surface area contributed by atoms with E-state index in [1.807, 2.05) is 0 Å². The van der Waals surface area contributed by atoms with Gasteiger partial charge in [0.15, 0.2) is 6.29 Å². The molecule has 2 rings (SSSR count). The third-order valence-corrected chi connectivity index (χ3v) is 1.92. The maximum Gasteiger partial charge on any atom is 0.153 e. The highest BCUT2D eigenvalue weighted by Crippen LogP contribution is 2.28.